The van der Waals surface area contributed by atoms with E-state index in [1.54, 1.807) is 6.33 Å². The van der Waals surface area contributed by atoms with E-state index in [1.165, 1.54) is 6.42 Å². The van der Waals surface area contributed by atoms with Gasteiger partial charge in [0.15, 0.2) is 0 Å². The summed E-state index contributed by atoms with van der Waals surface area (Å²) < 4.78 is 0. The Balaban J connectivity index is 1.97. The van der Waals surface area contributed by atoms with Gasteiger partial charge in [-0.2, -0.15) is 0 Å². The fourth-order valence-electron chi connectivity index (χ4n) is 1.49. The van der Waals surface area contributed by atoms with Crippen molar-refractivity contribution in [3.05, 3.63) is 30.4 Å². The molecule has 0 bridgehead atoms. The van der Waals surface area contributed by atoms with Crippen LogP contribution in [-0.2, 0) is 0 Å². The quantitative estimate of drug-likeness (QED) is 0.731. The third kappa shape index (κ3) is 2.36. The van der Waals surface area contributed by atoms with Gasteiger partial charge in [0.2, 0.25) is 0 Å². The van der Waals surface area contributed by atoms with Crippen LogP contribution in [0.1, 0.15) is 12.0 Å². The topological polar surface area (TPSA) is 37.8 Å². The highest BCUT2D eigenvalue weighted by atomic mass is 14.9. The van der Waals surface area contributed by atoms with Crippen LogP contribution >= 0.6 is 0 Å². The third-order valence-corrected chi connectivity index (χ3v) is 2.24. The lowest BCUT2D eigenvalue weighted by Crippen LogP contribution is -2.07. The Morgan fingerprint density at radius 3 is 2.92 bits per heavy atom. The summed E-state index contributed by atoms with van der Waals surface area (Å²) in [6.07, 6.45) is 10.8. The molecule has 2 rings (SSSR count). The predicted octanol–water partition coefficient (Wildman–Crippen LogP) is 1.10. The fourth-order valence-corrected chi connectivity index (χ4v) is 1.49. The monoisotopic (exact) mass is 175 g/mol. The number of nitrogens with one attached hydrogen (secondary N) is 1. The molecule has 1 saturated heterocycles. The molecular formula is C10H13N3. The zero-order valence-electron chi connectivity index (χ0n) is 7.48. The van der Waals surface area contributed by atoms with Crippen LogP contribution in [0.4, 0.5) is 0 Å². The minimum absolute atomic E-state index is 0.681. The maximum atomic E-state index is 3.95. The molecule has 0 radical (unpaired) electrons. The molecule has 0 amide bonds. The zero-order chi connectivity index (χ0) is 8.93. The summed E-state index contributed by atoms with van der Waals surface area (Å²) in [5.41, 5.74) is 1.08. The van der Waals surface area contributed by atoms with Crippen LogP contribution in [0.15, 0.2) is 24.8 Å². The summed E-state index contributed by atoms with van der Waals surface area (Å²) >= 11 is 0. The molecule has 1 N–H and O–H groups in total. The summed E-state index contributed by atoms with van der Waals surface area (Å²) in [6.45, 7) is 2.24. The van der Waals surface area contributed by atoms with Gasteiger partial charge in [-0.3, -0.25) is 0 Å². The first-order valence-corrected chi connectivity index (χ1v) is 4.59. The van der Waals surface area contributed by atoms with Gasteiger partial charge in [0.1, 0.15) is 6.33 Å². The summed E-state index contributed by atoms with van der Waals surface area (Å²) in [4.78, 5) is 7.90. The number of rotatable bonds is 2. The van der Waals surface area contributed by atoms with Gasteiger partial charge in [-0.15, -0.1) is 0 Å². The Hall–Kier alpha value is -1.22. The average Bonchev–Trinajstić information content (AvgIpc) is 2.69. The second-order valence-corrected chi connectivity index (χ2v) is 3.28. The predicted molar refractivity (Wildman–Crippen MR) is 52.0 cm³/mol. The molecule has 1 aromatic heterocycles. The highest BCUT2D eigenvalue weighted by molar-refractivity contribution is 5.46. The molecule has 1 aromatic rings. The molecule has 2 heterocycles. The van der Waals surface area contributed by atoms with E-state index in [0.29, 0.717) is 5.92 Å². The number of nitrogens with zero attached hydrogens (tertiary/aromatic N) is 2. The summed E-state index contributed by atoms with van der Waals surface area (Å²) in [7, 11) is 0. The van der Waals surface area contributed by atoms with Gasteiger partial charge in [-0.25, -0.2) is 9.97 Å². The van der Waals surface area contributed by atoms with Crippen molar-refractivity contribution in [2.24, 2.45) is 5.92 Å². The molecule has 3 heteroatoms. The van der Waals surface area contributed by atoms with Crippen LogP contribution in [-0.4, -0.2) is 23.1 Å². The van der Waals surface area contributed by atoms with Crippen molar-refractivity contribution in [3.63, 3.8) is 0 Å². The Morgan fingerprint density at radius 2 is 2.23 bits per heavy atom. The van der Waals surface area contributed by atoms with E-state index in [-0.39, 0.29) is 0 Å². The average molecular weight is 175 g/mol. The van der Waals surface area contributed by atoms with Gasteiger partial charge in [-0.1, -0.05) is 12.2 Å². The van der Waals surface area contributed by atoms with Gasteiger partial charge >= 0.3 is 0 Å². The van der Waals surface area contributed by atoms with Crippen molar-refractivity contribution in [2.45, 2.75) is 6.42 Å². The lowest BCUT2D eigenvalue weighted by Gasteiger charge is -1.98. The maximum absolute atomic E-state index is 3.95. The highest BCUT2D eigenvalue weighted by Gasteiger charge is 2.09. The fraction of sp³-hybridized carbons (Fsp3) is 0.400. The van der Waals surface area contributed by atoms with Crippen LogP contribution in [0.25, 0.3) is 6.08 Å². The van der Waals surface area contributed by atoms with E-state index in [2.05, 4.69) is 27.4 Å². The Labute approximate surface area is 77.9 Å². The molecule has 1 fully saturated rings. The molecule has 13 heavy (non-hydrogen) atoms. The molecule has 1 unspecified atom stereocenters. The molecule has 0 aromatic carbocycles. The van der Waals surface area contributed by atoms with Crippen molar-refractivity contribution >= 4 is 6.08 Å². The molecule has 0 spiro atoms. The standard InChI is InChI=1S/C10H13N3/c1(9-3-4-11-5-9)2-10-6-12-8-13-7-10/h1-2,6-9,11H,3-5H2. The maximum Gasteiger partial charge on any atom is 0.115 e. The normalized spacial score (nSPS) is 22.6. The van der Waals surface area contributed by atoms with E-state index >= 15 is 0 Å². The molecule has 3 nitrogen and oxygen atoms in total. The molecule has 0 saturated carbocycles. The number of hydrogen-bond donors (Lipinski definition) is 1. The van der Waals surface area contributed by atoms with Crippen molar-refractivity contribution in [2.75, 3.05) is 13.1 Å². The van der Waals surface area contributed by atoms with Crippen LogP contribution < -0.4 is 5.32 Å². The molecule has 68 valence electrons. The van der Waals surface area contributed by atoms with Crippen LogP contribution in [0.3, 0.4) is 0 Å². The van der Waals surface area contributed by atoms with Gasteiger partial charge < -0.3 is 5.32 Å². The van der Waals surface area contributed by atoms with Crippen molar-refractivity contribution < 1.29 is 0 Å². The van der Waals surface area contributed by atoms with E-state index in [9.17, 15) is 0 Å². The van der Waals surface area contributed by atoms with Crippen molar-refractivity contribution in [3.8, 4) is 0 Å². The Morgan fingerprint density at radius 1 is 1.38 bits per heavy atom. The lowest BCUT2D eigenvalue weighted by atomic mass is 10.1. The van der Waals surface area contributed by atoms with Gasteiger partial charge in [-0.05, 0) is 18.9 Å². The highest BCUT2D eigenvalue weighted by Crippen LogP contribution is 2.10. The van der Waals surface area contributed by atoms with E-state index < -0.39 is 0 Å². The van der Waals surface area contributed by atoms with E-state index in [4.69, 9.17) is 0 Å². The van der Waals surface area contributed by atoms with Gasteiger partial charge in [0.05, 0.1) is 0 Å². The van der Waals surface area contributed by atoms with Gasteiger partial charge in [0.25, 0.3) is 0 Å². The molecular weight excluding hydrogens is 162 g/mol. The lowest BCUT2D eigenvalue weighted by molar-refractivity contribution is 0.731. The number of hydrogen-bond acceptors (Lipinski definition) is 3. The summed E-state index contributed by atoms with van der Waals surface area (Å²) in [6, 6.07) is 0. The first kappa shape index (κ1) is 8.38. The largest absolute Gasteiger partial charge is 0.316 e. The van der Waals surface area contributed by atoms with E-state index in [1.807, 2.05) is 12.4 Å². The summed E-state index contributed by atoms with van der Waals surface area (Å²) in [5.74, 6) is 0.681. The van der Waals surface area contributed by atoms with E-state index in [0.717, 1.165) is 18.7 Å². The summed E-state index contributed by atoms with van der Waals surface area (Å²) in [5, 5.41) is 3.33. The second-order valence-electron chi connectivity index (χ2n) is 3.28. The Kier molecular flexibility index (Phi) is 2.67. The zero-order valence-corrected chi connectivity index (χ0v) is 7.48. The number of aromatic nitrogens is 2. The molecule has 1 aliphatic rings. The molecule has 0 aliphatic carbocycles. The SMILES string of the molecule is C(=CC1CCNC1)c1cncnc1. The van der Waals surface area contributed by atoms with Gasteiger partial charge in [0, 0.05) is 24.5 Å². The smallest absolute Gasteiger partial charge is 0.115 e. The molecule has 1 aliphatic heterocycles. The minimum atomic E-state index is 0.681. The van der Waals surface area contributed by atoms with Crippen LogP contribution in [0.5, 0.6) is 0 Å². The first-order chi connectivity index (χ1) is 6.45. The van der Waals surface area contributed by atoms with Crippen molar-refractivity contribution in [1.29, 1.82) is 0 Å². The van der Waals surface area contributed by atoms with Crippen LogP contribution in [0.2, 0.25) is 0 Å². The first-order valence-electron chi connectivity index (χ1n) is 4.59. The molecule has 1 atom stereocenters. The minimum Gasteiger partial charge on any atom is -0.316 e. The van der Waals surface area contributed by atoms with Crippen LogP contribution in [0, 0.1) is 5.92 Å². The van der Waals surface area contributed by atoms with Crippen molar-refractivity contribution in [1.82, 2.24) is 15.3 Å². The third-order valence-electron chi connectivity index (χ3n) is 2.24. The Bertz CT molecular complexity index is 275. The second kappa shape index (κ2) is 4.14.